The first-order chi connectivity index (χ1) is 10.3. The highest BCUT2D eigenvalue weighted by atomic mass is 35.5. The number of nitrogens with zero attached hydrogens (tertiary/aromatic N) is 3. The van der Waals surface area contributed by atoms with Crippen molar-refractivity contribution in [3.05, 3.63) is 29.6 Å². The second kappa shape index (κ2) is 5.29. The van der Waals surface area contributed by atoms with Crippen LogP contribution in [0.4, 0.5) is 0 Å². The van der Waals surface area contributed by atoms with Crippen LogP contribution in [0.3, 0.4) is 0 Å². The Morgan fingerprint density at radius 1 is 1.19 bits per heavy atom. The summed E-state index contributed by atoms with van der Waals surface area (Å²) in [5.41, 5.74) is 3.64. The first-order valence-electron chi connectivity index (χ1n) is 8.06. The fourth-order valence-electron chi connectivity index (χ4n) is 4.29. The monoisotopic (exact) mass is 303 g/mol. The van der Waals surface area contributed by atoms with E-state index in [1.807, 2.05) is 0 Å². The van der Waals surface area contributed by atoms with Crippen LogP contribution in [-0.4, -0.2) is 33.6 Å². The van der Waals surface area contributed by atoms with Crippen molar-refractivity contribution in [1.82, 2.24) is 14.5 Å². The van der Waals surface area contributed by atoms with E-state index in [1.165, 1.54) is 49.9 Å². The summed E-state index contributed by atoms with van der Waals surface area (Å²) in [6.45, 7) is 4.63. The van der Waals surface area contributed by atoms with Gasteiger partial charge in [-0.25, -0.2) is 4.98 Å². The minimum absolute atomic E-state index is 0.497. The van der Waals surface area contributed by atoms with Crippen LogP contribution in [0.2, 0.25) is 0 Å². The first kappa shape index (κ1) is 13.6. The van der Waals surface area contributed by atoms with E-state index < -0.39 is 0 Å². The minimum Gasteiger partial charge on any atom is -0.322 e. The lowest BCUT2D eigenvalue weighted by molar-refractivity contribution is 0.174. The molecular formula is C17H22ClN3. The number of aromatic nitrogens is 2. The lowest BCUT2D eigenvalue weighted by Gasteiger charge is -2.33. The second-order valence-electron chi connectivity index (χ2n) is 6.43. The lowest BCUT2D eigenvalue weighted by Crippen LogP contribution is -2.38. The Hall–Kier alpha value is -1.06. The molecule has 3 nitrogen and oxygen atoms in total. The number of aryl methyl sites for hydroxylation is 1. The molecular weight excluding hydrogens is 282 g/mol. The second-order valence-corrected chi connectivity index (χ2v) is 6.70. The standard InChI is InChI=1S/C17H22ClN3/c1-12-5-4-7-15-17(12)19-16(11-18)21(15)14-8-10-20-9-3-2-6-13(14)20/h4-5,7,13-14H,2-3,6,8-11H2,1H3. The lowest BCUT2D eigenvalue weighted by atomic mass is 9.98. The van der Waals surface area contributed by atoms with Crippen molar-refractivity contribution >= 4 is 22.6 Å². The Bertz CT molecular complexity index is 663. The van der Waals surface area contributed by atoms with Crippen molar-refractivity contribution in [1.29, 1.82) is 0 Å². The maximum atomic E-state index is 6.21. The molecule has 112 valence electrons. The zero-order chi connectivity index (χ0) is 14.4. The third kappa shape index (κ3) is 2.09. The number of piperidine rings is 1. The first-order valence-corrected chi connectivity index (χ1v) is 8.59. The smallest absolute Gasteiger partial charge is 0.125 e. The summed E-state index contributed by atoms with van der Waals surface area (Å²) in [6.07, 6.45) is 5.26. The molecule has 4 heteroatoms. The van der Waals surface area contributed by atoms with Gasteiger partial charge in [0.25, 0.3) is 0 Å². The van der Waals surface area contributed by atoms with Crippen molar-refractivity contribution in [2.24, 2.45) is 0 Å². The van der Waals surface area contributed by atoms with E-state index in [0.717, 1.165) is 11.3 Å². The zero-order valence-corrected chi connectivity index (χ0v) is 13.3. The molecule has 0 radical (unpaired) electrons. The Balaban J connectivity index is 1.84. The summed E-state index contributed by atoms with van der Waals surface area (Å²) < 4.78 is 2.45. The van der Waals surface area contributed by atoms with Crippen LogP contribution >= 0.6 is 11.6 Å². The Labute approximate surface area is 130 Å². The van der Waals surface area contributed by atoms with Gasteiger partial charge in [0, 0.05) is 12.6 Å². The average molecular weight is 304 g/mol. The maximum absolute atomic E-state index is 6.21. The van der Waals surface area contributed by atoms with Crippen molar-refractivity contribution < 1.29 is 0 Å². The maximum Gasteiger partial charge on any atom is 0.125 e. The largest absolute Gasteiger partial charge is 0.322 e. The number of hydrogen-bond donors (Lipinski definition) is 0. The average Bonchev–Trinajstić information content (AvgIpc) is 3.08. The molecule has 0 N–H and O–H groups in total. The molecule has 1 aromatic carbocycles. The van der Waals surface area contributed by atoms with Crippen molar-refractivity contribution in [3.63, 3.8) is 0 Å². The number of hydrogen-bond acceptors (Lipinski definition) is 2. The SMILES string of the molecule is Cc1cccc2c1nc(CCl)n2C1CCN2CCCCC12. The molecule has 2 unspecified atom stereocenters. The Morgan fingerprint density at radius 2 is 2.10 bits per heavy atom. The summed E-state index contributed by atoms with van der Waals surface area (Å²) in [7, 11) is 0. The van der Waals surface area contributed by atoms with Crippen molar-refractivity contribution in [3.8, 4) is 0 Å². The van der Waals surface area contributed by atoms with E-state index in [0.29, 0.717) is 18.0 Å². The molecule has 3 heterocycles. The molecule has 2 atom stereocenters. The van der Waals surface area contributed by atoms with Crippen LogP contribution in [0, 0.1) is 6.92 Å². The number of alkyl halides is 1. The normalized spacial score (nSPS) is 26.4. The minimum atomic E-state index is 0.497. The predicted octanol–water partition coefficient (Wildman–Crippen LogP) is 3.88. The van der Waals surface area contributed by atoms with Gasteiger partial charge in [0.1, 0.15) is 5.82 Å². The Kier molecular flexibility index (Phi) is 3.43. The fraction of sp³-hybridized carbons (Fsp3) is 0.588. The van der Waals surface area contributed by atoms with Crippen molar-refractivity contribution in [2.75, 3.05) is 13.1 Å². The molecule has 0 spiro atoms. The van der Waals surface area contributed by atoms with E-state index in [1.54, 1.807) is 0 Å². The molecule has 1 aromatic heterocycles. The Morgan fingerprint density at radius 3 is 2.95 bits per heavy atom. The fourth-order valence-corrected chi connectivity index (χ4v) is 4.48. The zero-order valence-electron chi connectivity index (χ0n) is 12.6. The van der Waals surface area contributed by atoms with Gasteiger partial charge in [-0.3, -0.25) is 4.90 Å². The van der Waals surface area contributed by atoms with E-state index in [9.17, 15) is 0 Å². The predicted molar refractivity (Wildman–Crippen MR) is 86.9 cm³/mol. The summed E-state index contributed by atoms with van der Waals surface area (Å²) in [6, 6.07) is 7.71. The topological polar surface area (TPSA) is 21.1 Å². The number of fused-ring (bicyclic) bond motifs is 2. The number of benzene rings is 1. The molecule has 2 aliphatic rings. The van der Waals surface area contributed by atoms with Gasteiger partial charge in [-0.2, -0.15) is 0 Å². The van der Waals surface area contributed by atoms with Gasteiger partial charge >= 0.3 is 0 Å². The van der Waals surface area contributed by atoms with Crippen LogP contribution in [0.15, 0.2) is 18.2 Å². The summed E-state index contributed by atoms with van der Waals surface area (Å²) in [4.78, 5) is 7.50. The van der Waals surface area contributed by atoms with Crippen LogP contribution < -0.4 is 0 Å². The molecule has 2 aromatic rings. The molecule has 0 aliphatic carbocycles. The molecule has 2 aliphatic heterocycles. The van der Waals surface area contributed by atoms with Gasteiger partial charge in [-0.05, 0) is 44.4 Å². The molecule has 2 fully saturated rings. The quantitative estimate of drug-likeness (QED) is 0.785. The third-order valence-electron chi connectivity index (χ3n) is 5.27. The van der Waals surface area contributed by atoms with Crippen molar-refractivity contribution in [2.45, 2.75) is 50.6 Å². The molecule has 0 saturated carbocycles. The number of rotatable bonds is 2. The van der Waals surface area contributed by atoms with Crippen LogP contribution in [-0.2, 0) is 5.88 Å². The molecule has 21 heavy (non-hydrogen) atoms. The summed E-state index contributed by atoms with van der Waals surface area (Å²) in [5.74, 6) is 1.54. The molecule has 2 saturated heterocycles. The van der Waals surface area contributed by atoms with E-state index in [2.05, 4.69) is 34.6 Å². The highest BCUT2D eigenvalue weighted by Crippen LogP contribution is 2.38. The van der Waals surface area contributed by atoms with E-state index in [4.69, 9.17) is 16.6 Å². The summed E-state index contributed by atoms with van der Waals surface area (Å²) >= 11 is 6.21. The molecule has 0 amide bonds. The van der Waals surface area contributed by atoms with Crippen LogP contribution in [0.1, 0.15) is 43.1 Å². The van der Waals surface area contributed by atoms with Crippen LogP contribution in [0.25, 0.3) is 11.0 Å². The van der Waals surface area contributed by atoms with Gasteiger partial charge in [0.15, 0.2) is 0 Å². The van der Waals surface area contributed by atoms with E-state index in [-0.39, 0.29) is 0 Å². The van der Waals surface area contributed by atoms with Crippen LogP contribution in [0.5, 0.6) is 0 Å². The van der Waals surface area contributed by atoms with Gasteiger partial charge in [0.2, 0.25) is 0 Å². The van der Waals surface area contributed by atoms with Gasteiger partial charge in [-0.1, -0.05) is 18.6 Å². The van der Waals surface area contributed by atoms with Gasteiger partial charge < -0.3 is 4.57 Å². The van der Waals surface area contributed by atoms with Gasteiger partial charge in [0.05, 0.1) is 23.0 Å². The molecule has 0 bridgehead atoms. The highest BCUT2D eigenvalue weighted by molar-refractivity contribution is 6.16. The number of halogens is 1. The summed E-state index contributed by atoms with van der Waals surface area (Å²) in [5, 5.41) is 0. The number of imidazole rings is 1. The highest BCUT2D eigenvalue weighted by Gasteiger charge is 2.38. The van der Waals surface area contributed by atoms with Gasteiger partial charge in [-0.15, -0.1) is 11.6 Å². The third-order valence-corrected chi connectivity index (χ3v) is 5.51. The molecule has 4 rings (SSSR count). The number of para-hydroxylation sites is 1. The van der Waals surface area contributed by atoms with E-state index >= 15 is 0 Å².